The average Bonchev–Trinajstić information content (AvgIpc) is 2.74. The van der Waals surface area contributed by atoms with Crippen molar-refractivity contribution < 1.29 is 4.39 Å². The molecule has 1 aromatic carbocycles. The van der Waals surface area contributed by atoms with Crippen LogP contribution in [0.3, 0.4) is 0 Å². The van der Waals surface area contributed by atoms with E-state index < -0.39 is 0 Å². The Labute approximate surface area is 125 Å². The first-order valence-electron chi connectivity index (χ1n) is 5.96. The van der Waals surface area contributed by atoms with Crippen LogP contribution in [-0.2, 0) is 6.54 Å². The third-order valence-electron chi connectivity index (χ3n) is 2.93. The van der Waals surface area contributed by atoms with E-state index in [1.807, 2.05) is 14.0 Å². The van der Waals surface area contributed by atoms with E-state index >= 15 is 0 Å². The highest BCUT2D eigenvalue weighted by Crippen LogP contribution is 2.28. The van der Waals surface area contributed by atoms with Gasteiger partial charge in [-0.1, -0.05) is 0 Å². The number of benzene rings is 1. The van der Waals surface area contributed by atoms with Crippen LogP contribution in [0.1, 0.15) is 24.1 Å². The number of hydrogen-bond donors (Lipinski definition) is 1. The molecule has 0 bridgehead atoms. The predicted molar refractivity (Wildman–Crippen MR) is 83.1 cm³/mol. The Morgan fingerprint density at radius 1 is 1.42 bits per heavy atom. The molecule has 1 atom stereocenters. The summed E-state index contributed by atoms with van der Waals surface area (Å²) < 4.78 is 14.4. The molecule has 0 aliphatic heterocycles. The number of halogens is 2. The quantitative estimate of drug-likeness (QED) is 0.897. The van der Waals surface area contributed by atoms with Gasteiger partial charge in [-0.05, 0) is 63.6 Å². The van der Waals surface area contributed by atoms with Gasteiger partial charge in [0.1, 0.15) is 5.82 Å². The Morgan fingerprint density at radius 2 is 2.16 bits per heavy atom. The van der Waals surface area contributed by atoms with Gasteiger partial charge in [-0.2, -0.15) is 0 Å². The standard InChI is InChI=1S/C14H16BrFN2S/c1-9(17)12-6-11(16)3-4-13(12)18(2)7-10-5-14(15)19-8-10/h3-6,8-9H,7,17H2,1-2H3/t9-/m0/s1. The third kappa shape index (κ3) is 3.55. The number of hydrogen-bond acceptors (Lipinski definition) is 3. The first-order valence-corrected chi connectivity index (χ1v) is 7.63. The van der Waals surface area contributed by atoms with Gasteiger partial charge in [-0.15, -0.1) is 11.3 Å². The van der Waals surface area contributed by atoms with Crippen LogP contribution in [0.25, 0.3) is 0 Å². The van der Waals surface area contributed by atoms with Gasteiger partial charge in [0, 0.05) is 25.3 Å². The summed E-state index contributed by atoms with van der Waals surface area (Å²) in [5.41, 5.74) is 8.94. The average molecular weight is 343 g/mol. The molecule has 1 aromatic heterocycles. The fourth-order valence-electron chi connectivity index (χ4n) is 2.03. The van der Waals surface area contributed by atoms with Gasteiger partial charge >= 0.3 is 0 Å². The van der Waals surface area contributed by atoms with Crippen molar-refractivity contribution in [3.63, 3.8) is 0 Å². The van der Waals surface area contributed by atoms with Crippen LogP contribution in [0, 0.1) is 5.82 Å². The van der Waals surface area contributed by atoms with Gasteiger partial charge in [-0.3, -0.25) is 0 Å². The highest BCUT2D eigenvalue weighted by Gasteiger charge is 2.12. The second-order valence-electron chi connectivity index (χ2n) is 4.61. The van der Waals surface area contributed by atoms with Crippen molar-refractivity contribution >= 4 is 33.0 Å². The lowest BCUT2D eigenvalue weighted by Gasteiger charge is -2.23. The molecule has 0 saturated carbocycles. The van der Waals surface area contributed by atoms with Crippen molar-refractivity contribution in [2.45, 2.75) is 19.5 Å². The molecule has 2 aromatic rings. The SMILES string of the molecule is C[C@H](N)c1cc(F)ccc1N(C)Cc1csc(Br)c1. The fourth-order valence-corrected chi connectivity index (χ4v) is 3.23. The molecular formula is C14H16BrFN2S. The van der Waals surface area contributed by atoms with Gasteiger partial charge in [0.05, 0.1) is 3.79 Å². The Morgan fingerprint density at radius 3 is 2.74 bits per heavy atom. The van der Waals surface area contributed by atoms with E-state index in [9.17, 15) is 4.39 Å². The molecular weight excluding hydrogens is 327 g/mol. The largest absolute Gasteiger partial charge is 0.370 e. The van der Waals surface area contributed by atoms with E-state index in [1.165, 1.54) is 17.7 Å². The van der Waals surface area contributed by atoms with Gasteiger partial charge in [0.15, 0.2) is 0 Å². The van der Waals surface area contributed by atoms with Crippen molar-refractivity contribution in [3.05, 3.63) is 50.4 Å². The smallest absolute Gasteiger partial charge is 0.123 e. The van der Waals surface area contributed by atoms with Crippen LogP contribution in [0.2, 0.25) is 0 Å². The van der Waals surface area contributed by atoms with Crippen LogP contribution < -0.4 is 10.6 Å². The summed E-state index contributed by atoms with van der Waals surface area (Å²) in [6.07, 6.45) is 0. The summed E-state index contributed by atoms with van der Waals surface area (Å²) >= 11 is 5.12. The van der Waals surface area contributed by atoms with E-state index in [0.29, 0.717) is 0 Å². The zero-order valence-corrected chi connectivity index (χ0v) is 13.3. The molecule has 0 aliphatic rings. The van der Waals surface area contributed by atoms with Gasteiger partial charge in [0.2, 0.25) is 0 Å². The summed E-state index contributed by atoms with van der Waals surface area (Å²) in [6.45, 7) is 2.64. The molecule has 19 heavy (non-hydrogen) atoms. The summed E-state index contributed by atoms with van der Waals surface area (Å²) in [6, 6.07) is 6.68. The maximum Gasteiger partial charge on any atom is 0.123 e. The van der Waals surface area contributed by atoms with E-state index in [2.05, 4.69) is 32.3 Å². The molecule has 0 spiro atoms. The molecule has 0 radical (unpaired) electrons. The zero-order valence-electron chi connectivity index (χ0n) is 10.9. The maximum absolute atomic E-state index is 13.3. The second-order valence-corrected chi connectivity index (χ2v) is 6.90. The van der Waals surface area contributed by atoms with Gasteiger partial charge < -0.3 is 10.6 Å². The zero-order chi connectivity index (χ0) is 14.0. The molecule has 2 N–H and O–H groups in total. The summed E-state index contributed by atoms with van der Waals surface area (Å²) in [5.74, 6) is -0.247. The van der Waals surface area contributed by atoms with E-state index in [1.54, 1.807) is 17.4 Å². The minimum atomic E-state index is -0.247. The summed E-state index contributed by atoms with van der Waals surface area (Å²) in [7, 11) is 1.99. The van der Waals surface area contributed by atoms with Crippen LogP contribution >= 0.6 is 27.3 Å². The summed E-state index contributed by atoms with van der Waals surface area (Å²) in [5, 5.41) is 2.11. The van der Waals surface area contributed by atoms with Crippen LogP contribution in [0.4, 0.5) is 10.1 Å². The van der Waals surface area contributed by atoms with Crippen molar-refractivity contribution in [3.8, 4) is 0 Å². The second kappa shape index (κ2) is 6.03. The molecule has 2 nitrogen and oxygen atoms in total. The van der Waals surface area contributed by atoms with Crippen LogP contribution in [-0.4, -0.2) is 7.05 Å². The Bertz CT molecular complexity index is 568. The first-order chi connectivity index (χ1) is 8.97. The minimum Gasteiger partial charge on any atom is -0.370 e. The fraction of sp³-hybridized carbons (Fsp3) is 0.286. The number of thiophene rings is 1. The lowest BCUT2D eigenvalue weighted by Crippen LogP contribution is -2.20. The monoisotopic (exact) mass is 342 g/mol. The Hall–Kier alpha value is -0.910. The van der Waals surface area contributed by atoms with E-state index in [0.717, 1.165) is 21.6 Å². The topological polar surface area (TPSA) is 29.3 Å². The normalized spacial score (nSPS) is 12.5. The molecule has 102 valence electrons. The lowest BCUT2D eigenvalue weighted by atomic mass is 10.1. The van der Waals surface area contributed by atoms with E-state index in [-0.39, 0.29) is 11.9 Å². The van der Waals surface area contributed by atoms with Crippen LogP contribution in [0.15, 0.2) is 33.4 Å². The third-order valence-corrected chi connectivity index (χ3v) is 4.49. The molecule has 0 aliphatic carbocycles. The predicted octanol–water partition coefficient (Wildman–Crippen LogP) is 4.31. The van der Waals surface area contributed by atoms with Crippen molar-refractivity contribution in [2.24, 2.45) is 5.73 Å². The number of nitrogens with two attached hydrogens (primary N) is 1. The molecule has 2 rings (SSSR count). The Balaban J connectivity index is 2.25. The highest BCUT2D eigenvalue weighted by atomic mass is 79.9. The van der Waals surface area contributed by atoms with Crippen molar-refractivity contribution in [2.75, 3.05) is 11.9 Å². The Kier molecular flexibility index (Phi) is 4.60. The lowest BCUT2D eigenvalue weighted by molar-refractivity contribution is 0.622. The molecule has 0 unspecified atom stereocenters. The van der Waals surface area contributed by atoms with Crippen LogP contribution in [0.5, 0.6) is 0 Å². The molecule has 1 heterocycles. The molecule has 0 amide bonds. The first kappa shape index (κ1) is 14.5. The maximum atomic E-state index is 13.3. The highest BCUT2D eigenvalue weighted by molar-refractivity contribution is 9.11. The van der Waals surface area contributed by atoms with Gasteiger partial charge in [0.25, 0.3) is 0 Å². The number of anilines is 1. The van der Waals surface area contributed by atoms with E-state index in [4.69, 9.17) is 5.73 Å². The van der Waals surface area contributed by atoms with Gasteiger partial charge in [-0.25, -0.2) is 4.39 Å². The number of rotatable bonds is 4. The van der Waals surface area contributed by atoms with Crippen molar-refractivity contribution in [1.29, 1.82) is 0 Å². The molecule has 5 heteroatoms. The molecule has 0 fully saturated rings. The minimum absolute atomic E-state index is 0.192. The molecule has 0 saturated heterocycles. The van der Waals surface area contributed by atoms with Crippen molar-refractivity contribution in [1.82, 2.24) is 0 Å². The summed E-state index contributed by atoms with van der Waals surface area (Å²) in [4.78, 5) is 2.09. The number of nitrogens with zero attached hydrogens (tertiary/aromatic N) is 1.